The minimum absolute atomic E-state index is 0.0445. The van der Waals surface area contributed by atoms with Crippen LogP contribution in [0.3, 0.4) is 0 Å². The quantitative estimate of drug-likeness (QED) is 0.889. The maximum atomic E-state index is 12.1. The predicted octanol–water partition coefficient (Wildman–Crippen LogP) is 1.66. The molecule has 2 heterocycles. The number of hydrogen-bond acceptors (Lipinski definition) is 3. The van der Waals surface area contributed by atoms with Gasteiger partial charge in [-0.25, -0.2) is 0 Å². The summed E-state index contributed by atoms with van der Waals surface area (Å²) in [4.78, 5) is 16.3. The second kappa shape index (κ2) is 5.84. The van der Waals surface area contributed by atoms with Gasteiger partial charge in [0.05, 0.1) is 12.2 Å². The van der Waals surface area contributed by atoms with Gasteiger partial charge in [-0.3, -0.25) is 9.78 Å². The Morgan fingerprint density at radius 3 is 3.05 bits per heavy atom. The van der Waals surface area contributed by atoms with Crippen LogP contribution in [0.5, 0.6) is 0 Å². The third-order valence-corrected chi connectivity index (χ3v) is 3.51. The van der Waals surface area contributed by atoms with Gasteiger partial charge in [0.25, 0.3) is 5.91 Å². The number of carbonyl (C=O) groups is 1. The number of amides is 1. The molecule has 0 fully saturated rings. The molecule has 4 heteroatoms. The van der Waals surface area contributed by atoms with E-state index in [9.17, 15) is 4.79 Å². The number of carbonyl (C=O) groups excluding carboxylic acids is 1. The van der Waals surface area contributed by atoms with Crippen LogP contribution in [0.15, 0.2) is 42.6 Å². The number of nitrogens with zero attached hydrogens (tertiary/aromatic N) is 1. The van der Waals surface area contributed by atoms with Crippen molar-refractivity contribution in [3.63, 3.8) is 0 Å². The summed E-state index contributed by atoms with van der Waals surface area (Å²) in [6.07, 6.45) is 2.71. The van der Waals surface area contributed by atoms with Crippen molar-refractivity contribution < 1.29 is 4.79 Å². The molecule has 0 radical (unpaired) electrons. The summed E-state index contributed by atoms with van der Waals surface area (Å²) in [6.45, 7) is 2.33. The molecular formula is C16H17N3O. The summed E-state index contributed by atoms with van der Waals surface area (Å²) in [5.41, 5.74) is 4.15. The Kier molecular flexibility index (Phi) is 3.74. The van der Waals surface area contributed by atoms with Crippen LogP contribution in [0.1, 0.15) is 27.2 Å². The van der Waals surface area contributed by atoms with Crippen molar-refractivity contribution >= 4 is 5.91 Å². The normalized spacial score (nSPS) is 13.6. The Hall–Kier alpha value is -2.20. The Balaban J connectivity index is 1.68. The summed E-state index contributed by atoms with van der Waals surface area (Å²) in [7, 11) is 0. The first-order chi connectivity index (χ1) is 9.83. The lowest BCUT2D eigenvalue weighted by atomic mass is 9.98. The van der Waals surface area contributed by atoms with E-state index in [0.29, 0.717) is 6.54 Å². The molecule has 1 aliphatic heterocycles. The fraction of sp³-hybridized carbons (Fsp3) is 0.250. The van der Waals surface area contributed by atoms with Gasteiger partial charge >= 0.3 is 0 Å². The molecule has 4 nitrogen and oxygen atoms in total. The molecule has 2 aromatic rings. The summed E-state index contributed by atoms with van der Waals surface area (Å²) in [5, 5.41) is 6.23. The number of nitrogens with one attached hydrogen (secondary N) is 2. The first kappa shape index (κ1) is 12.8. The lowest BCUT2D eigenvalue weighted by molar-refractivity contribution is 0.0950. The van der Waals surface area contributed by atoms with E-state index in [4.69, 9.17) is 0 Å². The number of fused-ring (bicyclic) bond motifs is 1. The zero-order valence-electron chi connectivity index (χ0n) is 11.2. The first-order valence-electron chi connectivity index (χ1n) is 6.83. The highest BCUT2D eigenvalue weighted by Gasteiger charge is 2.12. The summed E-state index contributed by atoms with van der Waals surface area (Å²) in [5.74, 6) is -0.0445. The van der Waals surface area contributed by atoms with Gasteiger partial charge in [-0.05, 0) is 48.4 Å². The number of aromatic nitrogens is 1. The van der Waals surface area contributed by atoms with Crippen LogP contribution >= 0.6 is 0 Å². The van der Waals surface area contributed by atoms with Crippen LogP contribution in [0.4, 0.5) is 0 Å². The maximum absolute atomic E-state index is 12.1. The highest BCUT2D eigenvalue weighted by atomic mass is 16.1. The van der Waals surface area contributed by atoms with E-state index < -0.39 is 0 Å². The average Bonchev–Trinajstić information content (AvgIpc) is 2.53. The SMILES string of the molecule is O=C(NCc1ccccn1)c1ccc2c(c1)CCNC2. The molecule has 1 aromatic heterocycles. The van der Waals surface area contributed by atoms with E-state index >= 15 is 0 Å². The molecule has 1 aromatic carbocycles. The lowest BCUT2D eigenvalue weighted by Crippen LogP contribution is -2.26. The predicted molar refractivity (Wildman–Crippen MR) is 77.3 cm³/mol. The standard InChI is InChI=1S/C16H17N3O/c20-16(19-11-15-3-1-2-7-18-15)13-4-5-14-10-17-8-6-12(14)9-13/h1-5,7,9,17H,6,8,10-11H2,(H,19,20). The highest BCUT2D eigenvalue weighted by molar-refractivity contribution is 5.94. The number of benzene rings is 1. The van der Waals surface area contributed by atoms with Gasteiger partial charge in [0.15, 0.2) is 0 Å². The van der Waals surface area contributed by atoms with Crippen molar-refractivity contribution in [1.82, 2.24) is 15.6 Å². The molecule has 0 atom stereocenters. The van der Waals surface area contributed by atoms with E-state index in [1.165, 1.54) is 11.1 Å². The third kappa shape index (κ3) is 2.86. The van der Waals surface area contributed by atoms with Crippen molar-refractivity contribution in [3.8, 4) is 0 Å². The average molecular weight is 267 g/mol. The van der Waals surface area contributed by atoms with Crippen LogP contribution in [0.2, 0.25) is 0 Å². The van der Waals surface area contributed by atoms with Gasteiger partial charge in [-0.2, -0.15) is 0 Å². The third-order valence-electron chi connectivity index (χ3n) is 3.51. The van der Waals surface area contributed by atoms with Crippen LogP contribution in [-0.4, -0.2) is 17.4 Å². The van der Waals surface area contributed by atoms with Gasteiger partial charge in [0, 0.05) is 18.3 Å². The van der Waals surface area contributed by atoms with Crippen LogP contribution < -0.4 is 10.6 Å². The molecule has 20 heavy (non-hydrogen) atoms. The monoisotopic (exact) mass is 267 g/mol. The van der Waals surface area contributed by atoms with Crippen molar-refractivity contribution in [2.75, 3.05) is 6.54 Å². The number of pyridine rings is 1. The van der Waals surface area contributed by atoms with Gasteiger partial charge in [-0.1, -0.05) is 12.1 Å². The Bertz CT molecular complexity index is 610. The molecular weight excluding hydrogens is 250 g/mol. The molecule has 0 unspecified atom stereocenters. The molecule has 1 amide bonds. The molecule has 1 aliphatic rings. The van der Waals surface area contributed by atoms with E-state index in [-0.39, 0.29) is 5.91 Å². The zero-order valence-corrected chi connectivity index (χ0v) is 11.2. The van der Waals surface area contributed by atoms with Crippen molar-refractivity contribution in [2.24, 2.45) is 0 Å². The molecule has 0 saturated heterocycles. The van der Waals surface area contributed by atoms with Gasteiger partial charge in [0.1, 0.15) is 0 Å². The van der Waals surface area contributed by atoms with Crippen molar-refractivity contribution in [2.45, 2.75) is 19.5 Å². The van der Waals surface area contributed by atoms with E-state index in [1.54, 1.807) is 6.20 Å². The minimum atomic E-state index is -0.0445. The molecule has 102 valence electrons. The van der Waals surface area contributed by atoms with Crippen molar-refractivity contribution in [3.05, 3.63) is 65.0 Å². The second-order valence-corrected chi connectivity index (χ2v) is 4.91. The molecule has 2 N–H and O–H groups in total. The maximum Gasteiger partial charge on any atom is 0.251 e. The molecule has 3 rings (SSSR count). The Morgan fingerprint density at radius 2 is 2.20 bits per heavy atom. The van der Waals surface area contributed by atoms with Gasteiger partial charge in [-0.15, -0.1) is 0 Å². The lowest BCUT2D eigenvalue weighted by Gasteiger charge is -2.17. The Labute approximate surface area is 118 Å². The largest absolute Gasteiger partial charge is 0.346 e. The highest BCUT2D eigenvalue weighted by Crippen LogP contribution is 2.15. The molecule has 0 saturated carbocycles. The van der Waals surface area contributed by atoms with E-state index in [2.05, 4.69) is 15.6 Å². The zero-order chi connectivity index (χ0) is 13.8. The first-order valence-corrected chi connectivity index (χ1v) is 6.83. The molecule has 0 spiro atoms. The smallest absolute Gasteiger partial charge is 0.251 e. The van der Waals surface area contributed by atoms with Crippen molar-refractivity contribution in [1.29, 1.82) is 0 Å². The van der Waals surface area contributed by atoms with Crippen LogP contribution in [-0.2, 0) is 19.5 Å². The summed E-state index contributed by atoms with van der Waals surface area (Å²) < 4.78 is 0. The molecule has 0 aliphatic carbocycles. The van der Waals surface area contributed by atoms with Gasteiger partial charge < -0.3 is 10.6 Å². The Morgan fingerprint density at radius 1 is 1.25 bits per heavy atom. The molecule has 0 bridgehead atoms. The van der Waals surface area contributed by atoms with Gasteiger partial charge in [0.2, 0.25) is 0 Å². The van der Waals surface area contributed by atoms with Crippen LogP contribution in [0.25, 0.3) is 0 Å². The fourth-order valence-electron chi connectivity index (χ4n) is 2.39. The summed E-state index contributed by atoms with van der Waals surface area (Å²) >= 11 is 0. The minimum Gasteiger partial charge on any atom is -0.346 e. The van der Waals surface area contributed by atoms with E-state index in [1.807, 2.05) is 36.4 Å². The summed E-state index contributed by atoms with van der Waals surface area (Å²) in [6, 6.07) is 11.6. The second-order valence-electron chi connectivity index (χ2n) is 4.91. The fourth-order valence-corrected chi connectivity index (χ4v) is 2.39. The van der Waals surface area contributed by atoms with Crippen LogP contribution in [0, 0.1) is 0 Å². The van der Waals surface area contributed by atoms with E-state index in [0.717, 1.165) is 30.8 Å². The number of hydrogen-bond donors (Lipinski definition) is 2. The number of rotatable bonds is 3. The topological polar surface area (TPSA) is 54.0 Å².